The summed E-state index contributed by atoms with van der Waals surface area (Å²) >= 11 is 0. The van der Waals surface area contributed by atoms with Crippen LogP contribution in [0.4, 0.5) is 0 Å². The van der Waals surface area contributed by atoms with E-state index in [4.69, 9.17) is 4.74 Å². The average molecular weight is 226 g/mol. The van der Waals surface area contributed by atoms with Crippen molar-refractivity contribution in [2.75, 3.05) is 33.8 Å². The van der Waals surface area contributed by atoms with E-state index in [1.165, 1.54) is 0 Å². The first-order valence-electron chi connectivity index (χ1n) is 5.97. The summed E-state index contributed by atoms with van der Waals surface area (Å²) in [6, 6.07) is 0. The molecule has 0 aromatic rings. The highest BCUT2D eigenvalue weighted by Gasteiger charge is 2.54. The van der Waals surface area contributed by atoms with Gasteiger partial charge in [0.2, 0.25) is 0 Å². The van der Waals surface area contributed by atoms with Crippen LogP contribution in [0.5, 0.6) is 0 Å². The Balaban J connectivity index is 2.13. The lowest BCUT2D eigenvalue weighted by atomic mass is 10.0. The molecular weight excluding hydrogens is 204 g/mol. The van der Waals surface area contributed by atoms with Crippen LogP contribution in [0.15, 0.2) is 0 Å². The summed E-state index contributed by atoms with van der Waals surface area (Å²) < 4.78 is 5.30. The van der Waals surface area contributed by atoms with Crippen molar-refractivity contribution in [3.8, 4) is 0 Å². The highest BCUT2D eigenvalue weighted by molar-refractivity contribution is 5.85. The number of carbonyl (C=O) groups is 1. The maximum absolute atomic E-state index is 12.4. The molecule has 1 heterocycles. The summed E-state index contributed by atoms with van der Waals surface area (Å²) in [7, 11) is 3.73. The number of nitrogens with zero attached hydrogens (tertiary/aromatic N) is 2. The van der Waals surface area contributed by atoms with Crippen molar-refractivity contribution in [3.05, 3.63) is 0 Å². The number of amides is 1. The summed E-state index contributed by atoms with van der Waals surface area (Å²) in [6.45, 7) is 6.52. The van der Waals surface area contributed by atoms with Gasteiger partial charge in [-0.1, -0.05) is 0 Å². The van der Waals surface area contributed by atoms with Gasteiger partial charge in [0.25, 0.3) is 5.91 Å². The van der Waals surface area contributed by atoms with Gasteiger partial charge in [-0.05, 0) is 33.7 Å². The molecular formula is C12H22N2O2. The summed E-state index contributed by atoms with van der Waals surface area (Å²) in [4.78, 5) is 16.8. The quantitative estimate of drug-likeness (QED) is 0.695. The van der Waals surface area contributed by atoms with E-state index in [2.05, 4.69) is 16.8 Å². The fourth-order valence-corrected chi connectivity index (χ4v) is 2.48. The van der Waals surface area contributed by atoms with Gasteiger partial charge in [0, 0.05) is 26.7 Å². The van der Waals surface area contributed by atoms with E-state index in [9.17, 15) is 4.79 Å². The zero-order valence-corrected chi connectivity index (χ0v) is 10.7. The molecule has 16 heavy (non-hydrogen) atoms. The van der Waals surface area contributed by atoms with Gasteiger partial charge in [0.1, 0.15) is 5.60 Å². The van der Waals surface area contributed by atoms with Crippen molar-refractivity contribution < 1.29 is 9.53 Å². The lowest BCUT2D eigenvalue weighted by Gasteiger charge is -2.43. The highest BCUT2D eigenvalue weighted by atomic mass is 16.5. The lowest BCUT2D eigenvalue weighted by Crippen LogP contribution is -2.60. The van der Waals surface area contributed by atoms with E-state index in [0.717, 1.165) is 32.5 Å². The number of likely N-dealkylation sites (N-methyl/N-ethyl adjacent to an activating group) is 1. The molecule has 1 saturated heterocycles. The SMILES string of the molecule is COC(C)(C)C(=O)N1CCN(C)CC12CC2. The number of hydrogen-bond donors (Lipinski definition) is 0. The second-order valence-electron chi connectivity index (χ2n) is 5.63. The third kappa shape index (κ3) is 1.84. The van der Waals surface area contributed by atoms with E-state index in [1.807, 2.05) is 13.8 Å². The van der Waals surface area contributed by atoms with Gasteiger partial charge in [-0.3, -0.25) is 4.79 Å². The first-order valence-corrected chi connectivity index (χ1v) is 5.97. The Hall–Kier alpha value is -0.610. The van der Waals surface area contributed by atoms with Crippen LogP contribution in [-0.2, 0) is 9.53 Å². The minimum Gasteiger partial charge on any atom is -0.369 e. The predicted octanol–water partition coefficient (Wildman–Crippen LogP) is 0.718. The molecule has 1 amide bonds. The Bertz CT molecular complexity index is 297. The molecule has 1 spiro atoms. The molecule has 2 fully saturated rings. The molecule has 4 nitrogen and oxygen atoms in total. The molecule has 0 unspecified atom stereocenters. The summed E-state index contributed by atoms with van der Waals surface area (Å²) in [5.41, 5.74) is -0.564. The van der Waals surface area contributed by atoms with Gasteiger partial charge in [-0.25, -0.2) is 0 Å². The van der Waals surface area contributed by atoms with Gasteiger partial charge in [0.15, 0.2) is 0 Å². The van der Waals surface area contributed by atoms with Crippen LogP contribution in [0.2, 0.25) is 0 Å². The van der Waals surface area contributed by atoms with Gasteiger partial charge in [-0.15, -0.1) is 0 Å². The average Bonchev–Trinajstić information content (AvgIpc) is 2.97. The molecule has 4 heteroatoms. The second-order valence-corrected chi connectivity index (χ2v) is 5.63. The fourth-order valence-electron chi connectivity index (χ4n) is 2.48. The van der Waals surface area contributed by atoms with Gasteiger partial charge < -0.3 is 14.5 Å². The Kier molecular flexibility index (Phi) is 2.75. The fraction of sp³-hybridized carbons (Fsp3) is 0.917. The molecule has 2 rings (SSSR count). The third-order valence-corrected chi connectivity index (χ3v) is 3.94. The third-order valence-electron chi connectivity index (χ3n) is 3.94. The van der Waals surface area contributed by atoms with Gasteiger partial charge in [0.05, 0.1) is 5.54 Å². The summed E-state index contributed by atoms with van der Waals surface area (Å²) in [5.74, 6) is 0.139. The predicted molar refractivity (Wildman–Crippen MR) is 62.3 cm³/mol. The van der Waals surface area contributed by atoms with E-state index in [1.54, 1.807) is 7.11 Å². The van der Waals surface area contributed by atoms with Gasteiger partial charge in [-0.2, -0.15) is 0 Å². The van der Waals surface area contributed by atoms with E-state index in [0.29, 0.717) is 0 Å². The Morgan fingerprint density at radius 1 is 1.31 bits per heavy atom. The largest absolute Gasteiger partial charge is 0.369 e. The number of carbonyl (C=O) groups excluding carboxylic acids is 1. The van der Waals surface area contributed by atoms with E-state index in [-0.39, 0.29) is 11.4 Å². The molecule has 0 N–H and O–H groups in total. The van der Waals surface area contributed by atoms with Crippen LogP contribution in [-0.4, -0.2) is 60.6 Å². The number of rotatable bonds is 2. The monoisotopic (exact) mass is 226 g/mol. The molecule has 0 radical (unpaired) electrons. The molecule has 1 aliphatic heterocycles. The van der Waals surface area contributed by atoms with Crippen LogP contribution in [0, 0.1) is 0 Å². The minimum atomic E-state index is -0.689. The first kappa shape index (κ1) is 11.9. The zero-order chi connectivity index (χ0) is 12.0. The van der Waals surface area contributed by atoms with Crippen LogP contribution in [0.25, 0.3) is 0 Å². The number of methoxy groups -OCH3 is 1. The van der Waals surface area contributed by atoms with E-state index >= 15 is 0 Å². The molecule has 0 aromatic carbocycles. The maximum Gasteiger partial charge on any atom is 0.254 e. The standard InChI is InChI=1S/C12H22N2O2/c1-11(2,16-4)10(15)14-8-7-13(3)9-12(14)5-6-12/h5-9H2,1-4H3. The Morgan fingerprint density at radius 3 is 2.44 bits per heavy atom. The summed E-state index contributed by atoms with van der Waals surface area (Å²) in [6.07, 6.45) is 2.28. The topological polar surface area (TPSA) is 32.8 Å². The van der Waals surface area contributed by atoms with E-state index < -0.39 is 5.60 Å². The second kappa shape index (κ2) is 3.70. The van der Waals surface area contributed by atoms with Crippen LogP contribution >= 0.6 is 0 Å². The van der Waals surface area contributed by atoms with Crippen molar-refractivity contribution >= 4 is 5.91 Å². The number of piperazine rings is 1. The lowest BCUT2D eigenvalue weighted by molar-refractivity contribution is -0.157. The zero-order valence-electron chi connectivity index (χ0n) is 10.7. The van der Waals surface area contributed by atoms with Gasteiger partial charge >= 0.3 is 0 Å². The highest BCUT2D eigenvalue weighted by Crippen LogP contribution is 2.44. The summed E-state index contributed by atoms with van der Waals surface area (Å²) in [5, 5.41) is 0. The Labute approximate surface area is 97.5 Å². The maximum atomic E-state index is 12.4. The number of hydrogen-bond acceptors (Lipinski definition) is 3. The van der Waals surface area contributed by atoms with Crippen LogP contribution in [0.3, 0.4) is 0 Å². The molecule has 0 bridgehead atoms. The van der Waals surface area contributed by atoms with Crippen LogP contribution < -0.4 is 0 Å². The molecule has 1 saturated carbocycles. The normalized spacial score (nSPS) is 24.9. The minimum absolute atomic E-state index is 0.125. The van der Waals surface area contributed by atoms with Crippen molar-refractivity contribution in [1.29, 1.82) is 0 Å². The number of ether oxygens (including phenoxy) is 1. The smallest absolute Gasteiger partial charge is 0.254 e. The molecule has 92 valence electrons. The van der Waals surface area contributed by atoms with Crippen molar-refractivity contribution in [2.24, 2.45) is 0 Å². The molecule has 0 atom stereocenters. The molecule has 1 aliphatic carbocycles. The molecule has 0 aromatic heterocycles. The van der Waals surface area contributed by atoms with Crippen molar-refractivity contribution in [1.82, 2.24) is 9.80 Å². The van der Waals surface area contributed by atoms with Crippen LogP contribution in [0.1, 0.15) is 26.7 Å². The first-order chi connectivity index (χ1) is 7.41. The Morgan fingerprint density at radius 2 is 1.94 bits per heavy atom. The van der Waals surface area contributed by atoms with Crippen molar-refractivity contribution in [2.45, 2.75) is 37.8 Å². The molecule has 2 aliphatic rings. The van der Waals surface area contributed by atoms with Crippen molar-refractivity contribution in [3.63, 3.8) is 0 Å².